The molecule has 0 aliphatic heterocycles. The summed E-state index contributed by atoms with van der Waals surface area (Å²) in [5.41, 5.74) is 8.09. The minimum atomic E-state index is -1.89. The quantitative estimate of drug-likeness (QED) is 0.203. The fourth-order valence-electron chi connectivity index (χ4n) is 4.48. The van der Waals surface area contributed by atoms with Gasteiger partial charge in [-0.05, 0) is 17.9 Å². The van der Waals surface area contributed by atoms with Crippen LogP contribution in [0.4, 0.5) is 0 Å². The van der Waals surface area contributed by atoms with Crippen molar-refractivity contribution in [3.63, 3.8) is 0 Å². The van der Waals surface area contributed by atoms with E-state index in [4.69, 9.17) is 15.8 Å². The largest absolute Gasteiger partial charge is 2.00 e. The van der Waals surface area contributed by atoms with E-state index in [1.165, 1.54) is 33.4 Å². The summed E-state index contributed by atoms with van der Waals surface area (Å²) in [6.45, 7) is 13.5. The minimum absolute atomic E-state index is 0. The molecule has 0 amide bonds. The number of rotatable bonds is 3. The van der Waals surface area contributed by atoms with Gasteiger partial charge in [-0.15, -0.1) is 12.1 Å². The Morgan fingerprint density at radius 3 is 2.06 bits per heavy atom. The van der Waals surface area contributed by atoms with Crippen molar-refractivity contribution in [3.05, 3.63) is 82.9 Å². The van der Waals surface area contributed by atoms with E-state index >= 15 is 0 Å². The number of hydrogen-bond donors (Lipinski definition) is 0. The second kappa shape index (κ2) is 9.96. The van der Waals surface area contributed by atoms with Crippen LogP contribution < -0.4 is 4.74 Å². The molecule has 31 heavy (non-hydrogen) atoms. The number of hydrogen-bond acceptors (Lipinski definition) is 1. The predicted molar refractivity (Wildman–Crippen MR) is 134 cm³/mol. The van der Waals surface area contributed by atoms with Gasteiger partial charge in [0.25, 0.3) is 0 Å². The molecule has 1 atom stereocenters. The molecule has 0 aromatic heterocycles. The third-order valence-corrected chi connectivity index (χ3v) is 8.49. The van der Waals surface area contributed by atoms with Crippen LogP contribution in [0, 0.1) is 0 Å². The maximum Gasteiger partial charge on any atom is 2.00 e. The van der Waals surface area contributed by atoms with Crippen LogP contribution in [0.25, 0.3) is 17.2 Å². The summed E-state index contributed by atoms with van der Waals surface area (Å²) in [6.07, 6.45) is 2.33. The molecule has 3 aromatic carbocycles. The number of methoxy groups -OCH3 is 1. The first-order chi connectivity index (χ1) is 14.1. The van der Waals surface area contributed by atoms with Gasteiger partial charge in [0.05, 0.1) is 12.9 Å². The summed E-state index contributed by atoms with van der Waals surface area (Å²) in [7, 11) is -0.108. The van der Waals surface area contributed by atoms with Gasteiger partial charge in [0.2, 0.25) is 0 Å². The van der Waals surface area contributed by atoms with Gasteiger partial charge in [0, 0.05) is 5.54 Å². The van der Waals surface area contributed by atoms with Crippen LogP contribution in [0.2, 0.25) is 13.1 Å². The van der Waals surface area contributed by atoms with Crippen molar-refractivity contribution in [3.8, 4) is 16.9 Å². The Kier molecular flexibility index (Phi) is 8.27. The Morgan fingerprint density at radius 1 is 1.06 bits per heavy atom. The normalized spacial score (nSPS) is 15.4. The number of fused-ring (bicyclic) bond motifs is 1. The maximum absolute atomic E-state index is 6.95. The molecule has 0 heterocycles. The van der Waals surface area contributed by atoms with E-state index in [-0.39, 0.29) is 22.5 Å². The second-order valence-electron chi connectivity index (χ2n) is 9.61. The van der Waals surface area contributed by atoms with E-state index in [1.54, 1.807) is 7.11 Å². The molecular formula is C27H33ClFeOSi. The summed E-state index contributed by atoms with van der Waals surface area (Å²) in [6, 6.07) is 20.9. The molecule has 1 unspecified atom stereocenters. The molecule has 0 saturated heterocycles. The van der Waals surface area contributed by atoms with E-state index in [0.717, 1.165) is 5.75 Å². The molecular weight excluding hydrogens is 460 g/mol. The molecule has 4 heteroatoms. The van der Waals surface area contributed by atoms with Gasteiger partial charge in [0.15, 0.2) is 7.38 Å². The van der Waals surface area contributed by atoms with Gasteiger partial charge in [0.1, 0.15) is 0 Å². The molecule has 1 aliphatic rings. The molecule has 0 bridgehead atoms. The van der Waals surface area contributed by atoms with Crippen molar-refractivity contribution in [2.75, 3.05) is 7.11 Å². The zero-order valence-electron chi connectivity index (χ0n) is 19.6. The van der Waals surface area contributed by atoms with Gasteiger partial charge < -0.3 is 4.74 Å². The van der Waals surface area contributed by atoms with Crippen molar-refractivity contribution in [2.45, 2.75) is 51.7 Å². The van der Waals surface area contributed by atoms with Crippen LogP contribution in [0.1, 0.15) is 49.9 Å². The van der Waals surface area contributed by atoms with Gasteiger partial charge in [-0.2, -0.15) is 41.4 Å². The van der Waals surface area contributed by atoms with Crippen LogP contribution >= 0.6 is 11.1 Å². The van der Waals surface area contributed by atoms with Crippen molar-refractivity contribution >= 4 is 24.5 Å². The van der Waals surface area contributed by atoms with Crippen LogP contribution in [-0.4, -0.2) is 14.5 Å². The maximum atomic E-state index is 6.95. The summed E-state index contributed by atoms with van der Waals surface area (Å²) < 4.78 is 5.96. The van der Waals surface area contributed by atoms with Crippen LogP contribution in [0.15, 0.2) is 66.2 Å². The van der Waals surface area contributed by atoms with Gasteiger partial charge in [-0.3, -0.25) is 0 Å². The molecule has 166 valence electrons. The molecule has 0 spiro atoms. The first kappa shape index (κ1) is 25.7. The van der Waals surface area contributed by atoms with Crippen molar-refractivity contribution in [1.82, 2.24) is 0 Å². The average molecular weight is 493 g/mol. The van der Waals surface area contributed by atoms with Gasteiger partial charge in [-0.1, -0.05) is 73.8 Å². The molecule has 0 fully saturated rings. The van der Waals surface area contributed by atoms with Gasteiger partial charge in [-0.25, -0.2) is 12.1 Å². The van der Waals surface area contributed by atoms with Crippen molar-refractivity contribution < 1.29 is 21.8 Å². The Labute approximate surface area is 204 Å². The molecule has 4 rings (SSSR count). The Bertz CT molecular complexity index is 986. The smallest absolute Gasteiger partial charge is 0.530 e. The molecule has 0 saturated carbocycles. The number of allylic oxidation sites excluding steroid dienone is 1. The Hall–Kier alpha value is -1.51. The van der Waals surface area contributed by atoms with Crippen molar-refractivity contribution in [2.24, 2.45) is 0 Å². The summed E-state index contributed by atoms with van der Waals surface area (Å²) in [4.78, 5) is 0. The average Bonchev–Trinajstić information content (AvgIpc) is 3.39. The predicted octanol–water partition coefficient (Wildman–Crippen LogP) is 8.27. The monoisotopic (exact) mass is 492 g/mol. The van der Waals surface area contributed by atoms with E-state index in [9.17, 15) is 0 Å². The zero-order valence-corrected chi connectivity index (χ0v) is 22.4. The summed E-state index contributed by atoms with van der Waals surface area (Å²) >= 11 is 6.95. The number of benzene rings is 1. The Balaban J connectivity index is 0.000000501. The summed E-state index contributed by atoms with van der Waals surface area (Å²) in [5.74, 6) is 0.996. The fourth-order valence-corrected chi connectivity index (χ4v) is 7.49. The van der Waals surface area contributed by atoms with Crippen LogP contribution in [-0.2, 0) is 22.5 Å². The molecule has 1 nitrogen and oxygen atoms in total. The number of halogens is 1. The van der Waals surface area contributed by atoms with Gasteiger partial charge >= 0.3 is 17.1 Å². The van der Waals surface area contributed by atoms with E-state index in [1.807, 2.05) is 30.3 Å². The zero-order chi connectivity index (χ0) is 22.1. The third kappa shape index (κ3) is 5.46. The van der Waals surface area contributed by atoms with Crippen LogP contribution in [0.5, 0.6) is 5.75 Å². The first-order valence-corrected chi connectivity index (χ1v) is 14.7. The standard InChI is InChI=1S/C22H28ClOSi.C5H5.Fe/c1-14-12-16-17(21(14)25(6,7)23)13-18(22(2,3)4)20(24-5)19(16)15-10-8-9-11-15;1-2-4-5-3-1;/h8-13,21H,1-7H3;1-5H;/q2*-1;+2. The molecule has 0 radical (unpaired) electrons. The fraction of sp³-hybridized carbons (Fsp3) is 0.333. The molecule has 3 aromatic rings. The van der Waals surface area contributed by atoms with E-state index < -0.39 is 7.38 Å². The molecule has 0 N–H and O–H groups in total. The van der Waals surface area contributed by atoms with Crippen LogP contribution in [0.3, 0.4) is 0 Å². The second-order valence-corrected chi connectivity index (χ2v) is 16.2. The minimum Gasteiger partial charge on any atom is -0.530 e. The summed E-state index contributed by atoms with van der Waals surface area (Å²) in [5, 5.41) is 0. The third-order valence-electron chi connectivity index (χ3n) is 5.70. The number of ether oxygens (including phenoxy) is 1. The van der Waals surface area contributed by atoms with Crippen molar-refractivity contribution in [1.29, 1.82) is 0 Å². The first-order valence-electron chi connectivity index (χ1n) is 10.6. The van der Waals surface area contributed by atoms with E-state index in [2.05, 4.69) is 77.2 Å². The Morgan fingerprint density at radius 2 is 1.65 bits per heavy atom. The SMILES string of the molecule is COc1c(C(C)(C)C)cc2c(c1-[c-]1cccc1)C=C(C)C2[Si](C)(C)Cl.[Fe+2].c1cc[cH-]c1. The molecule has 1 aliphatic carbocycles. The topological polar surface area (TPSA) is 9.23 Å². The van der Waals surface area contributed by atoms with E-state index in [0.29, 0.717) is 5.54 Å².